The number of nitrogens with zero attached hydrogens (tertiary/aromatic N) is 3. The number of rotatable bonds is 6. The number of nitrogens with one attached hydrogen (secondary N) is 1. The van der Waals surface area contributed by atoms with Crippen LogP contribution < -0.4 is 15.8 Å². The lowest BCUT2D eigenvalue weighted by atomic mass is 10.1. The van der Waals surface area contributed by atoms with Gasteiger partial charge in [-0.1, -0.05) is 11.6 Å². The van der Waals surface area contributed by atoms with Crippen molar-refractivity contribution in [3.8, 4) is 11.5 Å². The number of benzene rings is 2. The molecule has 0 radical (unpaired) electrons. The van der Waals surface area contributed by atoms with Crippen molar-refractivity contribution in [2.24, 2.45) is 5.73 Å². The molecule has 2 aromatic carbocycles. The van der Waals surface area contributed by atoms with Gasteiger partial charge < -0.3 is 20.9 Å². The summed E-state index contributed by atoms with van der Waals surface area (Å²) < 4.78 is 20.7. The number of carbonyl (C=O) groups is 2. The molecule has 4 aromatic rings. The van der Waals surface area contributed by atoms with E-state index in [4.69, 9.17) is 22.1 Å². The van der Waals surface area contributed by atoms with E-state index < -0.39 is 17.7 Å². The normalized spacial score (nSPS) is 10.5. The maximum atomic E-state index is 13.5. The number of halogens is 3. The predicted octanol–water partition coefficient (Wildman–Crippen LogP) is 4.15. The highest BCUT2D eigenvalue weighted by Crippen LogP contribution is 2.33. The molecule has 0 unspecified atom stereocenters. The van der Waals surface area contributed by atoms with Gasteiger partial charge in [-0.2, -0.15) is 5.10 Å². The molecule has 0 spiro atoms. The number of fused-ring (bicyclic) bond motifs is 1. The molecule has 9 nitrogen and oxygen atoms in total. The van der Waals surface area contributed by atoms with E-state index in [1.807, 2.05) is 0 Å². The number of carboxylic acid groups (broad SMARTS) is 1. The van der Waals surface area contributed by atoms with Crippen molar-refractivity contribution in [1.82, 2.24) is 14.6 Å². The monoisotopic (exact) mass is 491 g/mol. The molecule has 2 heterocycles. The van der Waals surface area contributed by atoms with Crippen LogP contribution in [0, 0.1) is 5.82 Å². The molecule has 0 aliphatic carbocycles. The average Bonchev–Trinajstić information content (AvgIpc) is 3.19. The van der Waals surface area contributed by atoms with Crippen LogP contribution in [0.3, 0.4) is 0 Å². The number of aromatic nitrogens is 3. The van der Waals surface area contributed by atoms with Crippen molar-refractivity contribution in [3.63, 3.8) is 0 Å². The Kier molecular flexibility index (Phi) is 7.12. The first-order chi connectivity index (χ1) is 15.4. The fourth-order valence-corrected chi connectivity index (χ4v) is 3.11. The predicted molar refractivity (Wildman–Crippen MR) is 121 cm³/mol. The zero-order valence-electron chi connectivity index (χ0n) is 16.7. The van der Waals surface area contributed by atoms with E-state index in [0.717, 1.165) is 0 Å². The summed E-state index contributed by atoms with van der Waals surface area (Å²) in [6.45, 7) is 0.0107. The quantitative estimate of drug-likeness (QED) is 0.345. The number of carbonyl (C=O) groups excluding carboxylic acids is 1. The van der Waals surface area contributed by atoms with Crippen molar-refractivity contribution >= 4 is 47.2 Å². The molecule has 0 fully saturated rings. The third-order valence-electron chi connectivity index (χ3n) is 4.52. The number of carboxylic acids is 1. The van der Waals surface area contributed by atoms with Crippen LogP contribution in [0.15, 0.2) is 54.9 Å². The smallest absolute Gasteiger partial charge is 0.335 e. The second-order valence-corrected chi connectivity index (χ2v) is 6.99. The highest BCUT2D eigenvalue weighted by molar-refractivity contribution is 6.29. The molecular formula is C21H16Cl2FN5O4. The largest absolute Gasteiger partial charge is 0.478 e. The van der Waals surface area contributed by atoms with E-state index in [2.05, 4.69) is 15.4 Å². The van der Waals surface area contributed by atoms with Crippen LogP contribution in [0.1, 0.15) is 26.3 Å². The zero-order chi connectivity index (χ0) is 22.8. The van der Waals surface area contributed by atoms with Gasteiger partial charge in [0.2, 0.25) is 0 Å². The third kappa shape index (κ3) is 5.03. The van der Waals surface area contributed by atoms with Crippen molar-refractivity contribution < 1.29 is 23.8 Å². The molecule has 0 bridgehead atoms. The van der Waals surface area contributed by atoms with Crippen LogP contribution in [0.2, 0.25) is 5.15 Å². The molecule has 33 heavy (non-hydrogen) atoms. The second kappa shape index (κ2) is 9.82. The number of anilines is 1. The van der Waals surface area contributed by atoms with Gasteiger partial charge in [0, 0.05) is 18.3 Å². The van der Waals surface area contributed by atoms with Crippen LogP contribution in [0.4, 0.5) is 10.1 Å². The summed E-state index contributed by atoms with van der Waals surface area (Å²) in [6.07, 6.45) is 2.85. The maximum Gasteiger partial charge on any atom is 0.335 e. The molecule has 0 atom stereocenters. The molecule has 2 aromatic heterocycles. The molecular weight excluding hydrogens is 476 g/mol. The summed E-state index contributed by atoms with van der Waals surface area (Å²) in [7, 11) is 0. The van der Waals surface area contributed by atoms with Crippen molar-refractivity contribution in [2.45, 2.75) is 6.54 Å². The molecule has 0 saturated carbocycles. The Bertz CT molecular complexity index is 1360. The number of nitrogens with two attached hydrogens (primary N) is 1. The van der Waals surface area contributed by atoms with Gasteiger partial charge in [0.15, 0.2) is 11.4 Å². The van der Waals surface area contributed by atoms with E-state index >= 15 is 0 Å². The van der Waals surface area contributed by atoms with Gasteiger partial charge in [0.05, 0.1) is 17.4 Å². The Labute approximate surface area is 197 Å². The molecule has 4 N–H and O–H groups in total. The van der Waals surface area contributed by atoms with Crippen LogP contribution in [0.5, 0.6) is 11.5 Å². The summed E-state index contributed by atoms with van der Waals surface area (Å²) in [6, 6.07) is 9.28. The molecule has 0 aliphatic heterocycles. The third-order valence-corrected chi connectivity index (χ3v) is 4.73. The first kappa shape index (κ1) is 23.9. The number of ether oxygens (including phenoxy) is 1. The van der Waals surface area contributed by atoms with Crippen molar-refractivity contribution in [3.05, 3.63) is 82.5 Å². The van der Waals surface area contributed by atoms with Crippen molar-refractivity contribution in [1.29, 1.82) is 0 Å². The van der Waals surface area contributed by atoms with E-state index in [-0.39, 0.29) is 58.1 Å². The molecule has 0 aliphatic rings. The SMILES string of the molecule is Cl.NCc1cc(F)ccc1Oc1ccc(C(=O)O)cc1NC(=O)c1cnn2ccc(Cl)nc12. The highest BCUT2D eigenvalue weighted by atomic mass is 35.5. The van der Waals surface area contributed by atoms with Crippen molar-refractivity contribution in [2.75, 3.05) is 5.32 Å². The van der Waals surface area contributed by atoms with Crippen LogP contribution in [0.25, 0.3) is 5.65 Å². The van der Waals surface area contributed by atoms with Gasteiger partial charge in [-0.25, -0.2) is 18.7 Å². The first-order valence-electron chi connectivity index (χ1n) is 9.20. The fraction of sp³-hybridized carbons (Fsp3) is 0.0476. The Morgan fingerprint density at radius 3 is 2.67 bits per heavy atom. The Balaban J connectivity index is 0.00000306. The first-order valence-corrected chi connectivity index (χ1v) is 9.58. The lowest BCUT2D eigenvalue weighted by Gasteiger charge is -2.15. The lowest BCUT2D eigenvalue weighted by Crippen LogP contribution is -2.14. The Morgan fingerprint density at radius 1 is 1.18 bits per heavy atom. The summed E-state index contributed by atoms with van der Waals surface area (Å²) in [5.41, 5.74) is 6.39. The van der Waals surface area contributed by atoms with E-state index in [1.165, 1.54) is 53.2 Å². The Morgan fingerprint density at radius 2 is 1.94 bits per heavy atom. The van der Waals surface area contributed by atoms with Gasteiger partial charge in [-0.3, -0.25) is 4.79 Å². The lowest BCUT2D eigenvalue weighted by molar-refractivity contribution is 0.0696. The van der Waals surface area contributed by atoms with E-state index in [9.17, 15) is 19.1 Å². The minimum absolute atomic E-state index is 0. The van der Waals surface area contributed by atoms with Crippen LogP contribution >= 0.6 is 24.0 Å². The summed E-state index contributed by atoms with van der Waals surface area (Å²) >= 11 is 5.92. The van der Waals surface area contributed by atoms with Gasteiger partial charge in [0.1, 0.15) is 22.3 Å². The number of hydrogen-bond acceptors (Lipinski definition) is 6. The maximum absolute atomic E-state index is 13.5. The molecule has 0 saturated heterocycles. The number of amides is 1. The van der Waals surface area contributed by atoms with E-state index in [0.29, 0.717) is 5.56 Å². The standard InChI is InChI=1S/C21H15ClFN5O4.ClH/c22-18-5-6-28-19(27-18)14(10-25-28)20(29)26-15-8-11(21(30)31)1-3-17(15)32-16-4-2-13(23)7-12(16)9-24;/h1-8,10H,9,24H2,(H,26,29)(H,30,31);1H. The topological polar surface area (TPSA) is 132 Å². The van der Waals surface area contributed by atoms with Gasteiger partial charge in [0.25, 0.3) is 5.91 Å². The minimum Gasteiger partial charge on any atom is -0.478 e. The molecule has 12 heteroatoms. The van der Waals surface area contributed by atoms with Crippen LogP contribution in [-0.2, 0) is 6.54 Å². The van der Waals surface area contributed by atoms with Gasteiger partial charge in [-0.15, -0.1) is 12.4 Å². The second-order valence-electron chi connectivity index (χ2n) is 6.61. The minimum atomic E-state index is -1.19. The molecule has 4 rings (SSSR count). The number of hydrogen-bond donors (Lipinski definition) is 3. The fourth-order valence-electron chi connectivity index (χ4n) is 2.97. The zero-order valence-corrected chi connectivity index (χ0v) is 18.2. The number of aromatic carboxylic acids is 1. The average molecular weight is 492 g/mol. The highest BCUT2D eigenvalue weighted by Gasteiger charge is 2.19. The van der Waals surface area contributed by atoms with E-state index in [1.54, 1.807) is 6.20 Å². The van der Waals surface area contributed by atoms with Gasteiger partial charge >= 0.3 is 5.97 Å². The molecule has 170 valence electrons. The van der Waals surface area contributed by atoms with Gasteiger partial charge in [-0.05, 0) is 42.5 Å². The summed E-state index contributed by atoms with van der Waals surface area (Å²) in [4.78, 5) is 28.5. The molecule has 1 amide bonds. The Hall–Kier alpha value is -3.73. The summed E-state index contributed by atoms with van der Waals surface area (Å²) in [5, 5.41) is 16.2. The van der Waals surface area contributed by atoms with Crippen LogP contribution in [-0.4, -0.2) is 31.6 Å². The summed E-state index contributed by atoms with van der Waals surface area (Å²) in [5.74, 6) is -1.89.